The molecule has 3 heteroatoms. The zero-order valence-electron chi connectivity index (χ0n) is 9.64. The summed E-state index contributed by atoms with van der Waals surface area (Å²) in [6.45, 7) is 2.11. The van der Waals surface area contributed by atoms with Gasteiger partial charge in [0.2, 0.25) is 0 Å². The molecule has 1 aromatic heterocycles. The summed E-state index contributed by atoms with van der Waals surface area (Å²) in [5.41, 5.74) is 2.64. The van der Waals surface area contributed by atoms with E-state index in [-0.39, 0.29) is 0 Å². The smallest absolute Gasteiger partial charge is 0.132 e. The molecule has 1 aliphatic carbocycles. The Kier molecular flexibility index (Phi) is 3.19. The van der Waals surface area contributed by atoms with Crippen molar-refractivity contribution in [3.63, 3.8) is 0 Å². The van der Waals surface area contributed by atoms with E-state index < -0.39 is 0 Å². The van der Waals surface area contributed by atoms with Crippen LogP contribution in [0.1, 0.15) is 43.3 Å². The Balaban J connectivity index is 2.45. The van der Waals surface area contributed by atoms with Gasteiger partial charge in [-0.2, -0.15) is 0 Å². The van der Waals surface area contributed by atoms with Gasteiger partial charge in [0.15, 0.2) is 0 Å². The molecule has 0 aromatic carbocycles. The third-order valence-corrected chi connectivity index (χ3v) is 3.03. The van der Waals surface area contributed by atoms with Crippen molar-refractivity contribution in [3.8, 4) is 0 Å². The number of hydrogen-bond acceptors (Lipinski definition) is 3. The highest BCUT2D eigenvalue weighted by Gasteiger charge is 2.15. The molecule has 0 radical (unpaired) electrons. The molecule has 1 N–H and O–H groups in total. The molecule has 2 rings (SSSR count). The Morgan fingerprint density at radius 2 is 1.93 bits per heavy atom. The predicted octanol–water partition coefficient (Wildman–Crippen LogP) is 2.35. The van der Waals surface area contributed by atoms with Gasteiger partial charge in [0.25, 0.3) is 0 Å². The highest BCUT2D eigenvalue weighted by molar-refractivity contribution is 5.46. The summed E-state index contributed by atoms with van der Waals surface area (Å²) in [6.07, 6.45) is 7.05. The summed E-state index contributed by atoms with van der Waals surface area (Å²) in [6, 6.07) is 0. The topological polar surface area (TPSA) is 37.8 Å². The van der Waals surface area contributed by atoms with Crippen LogP contribution >= 0.6 is 0 Å². The Morgan fingerprint density at radius 3 is 2.67 bits per heavy atom. The van der Waals surface area contributed by atoms with E-state index in [0.717, 1.165) is 30.9 Å². The summed E-state index contributed by atoms with van der Waals surface area (Å²) in [4.78, 5) is 9.19. The number of hydrogen-bond donors (Lipinski definition) is 1. The van der Waals surface area contributed by atoms with E-state index in [9.17, 15) is 0 Å². The van der Waals surface area contributed by atoms with Crippen molar-refractivity contribution in [1.29, 1.82) is 0 Å². The highest BCUT2D eigenvalue weighted by Crippen LogP contribution is 2.24. The molecule has 1 aliphatic rings. The van der Waals surface area contributed by atoms with Gasteiger partial charge >= 0.3 is 0 Å². The van der Waals surface area contributed by atoms with Crippen molar-refractivity contribution in [3.05, 3.63) is 17.1 Å². The number of rotatable bonds is 2. The molecule has 0 atom stereocenters. The zero-order chi connectivity index (χ0) is 10.7. The number of anilines is 1. The van der Waals surface area contributed by atoms with Crippen LogP contribution in [0.5, 0.6) is 0 Å². The predicted molar refractivity (Wildman–Crippen MR) is 62.2 cm³/mol. The summed E-state index contributed by atoms with van der Waals surface area (Å²) < 4.78 is 0. The number of aromatic nitrogens is 2. The molecule has 82 valence electrons. The van der Waals surface area contributed by atoms with Gasteiger partial charge in [0.1, 0.15) is 11.6 Å². The van der Waals surface area contributed by atoms with Crippen LogP contribution in [0.15, 0.2) is 0 Å². The van der Waals surface area contributed by atoms with Crippen molar-refractivity contribution in [2.24, 2.45) is 0 Å². The summed E-state index contributed by atoms with van der Waals surface area (Å²) >= 11 is 0. The molecule has 1 heterocycles. The van der Waals surface area contributed by atoms with Crippen molar-refractivity contribution in [2.75, 3.05) is 12.4 Å². The largest absolute Gasteiger partial charge is 0.373 e. The molecule has 0 saturated carbocycles. The average Bonchev–Trinajstić information content (AvgIpc) is 2.52. The van der Waals surface area contributed by atoms with Crippen LogP contribution in [0.4, 0.5) is 5.82 Å². The first-order chi connectivity index (χ1) is 7.35. The molecule has 0 amide bonds. The second kappa shape index (κ2) is 4.60. The van der Waals surface area contributed by atoms with Gasteiger partial charge in [-0.3, -0.25) is 0 Å². The molecule has 0 bridgehead atoms. The second-order valence-corrected chi connectivity index (χ2v) is 4.08. The van der Waals surface area contributed by atoms with Crippen molar-refractivity contribution < 1.29 is 0 Å². The quantitative estimate of drug-likeness (QED) is 0.753. The minimum absolute atomic E-state index is 0.919. The van der Waals surface area contributed by atoms with Crippen LogP contribution in [0.2, 0.25) is 0 Å². The lowest BCUT2D eigenvalue weighted by Gasteiger charge is -2.11. The molecule has 0 saturated heterocycles. The molecule has 0 fully saturated rings. The molecule has 0 unspecified atom stereocenters. The first kappa shape index (κ1) is 10.4. The molecular formula is C12H19N3. The Hall–Kier alpha value is -1.12. The first-order valence-electron chi connectivity index (χ1n) is 5.91. The molecule has 1 aromatic rings. The average molecular weight is 205 g/mol. The van der Waals surface area contributed by atoms with E-state index in [1.54, 1.807) is 0 Å². The molecule has 3 nitrogen and oxygen atoms in total. The minimum atomic E-state index is 0.919. The maximum atomic E-state index is 4.65. The van der Waals surface area contributed by atoms with E-state index >= 15 is 0 Å². The first-order valence-corrected chi connectivity index (χ1v) is 5.91. The number of nitrogens with one attached hydrogen (secondary N) is 1. The fourth-order valence-electron chi connectivity index (χ4n) is 2.19. The Morgan fingerprint density at radius 1 is 1.13 bits per heavy atom. The third kappa shape index (κ3) is 2.11. The molecule has 0 aliphatic heterocycles. The Labute approximate surface area is 91.3 Å². The lowest BCUT2D eigenvalue weighted by molar-refractivity contribution is 0.708. The van der Waals surface area contributed by atoms with Crippen LogP contribution in [-0.4, -0.2) is 17.0 Å². The highest BCUT2D eigenvalue weighted by atomic mass is 15.0. The summed E-state index contributed by atoms with van der Waals surface area (Å²) in [5, 5.41) is 3.21. The summed E-state index contributed by atoms with van der Waals surface area (Å²) in [7, 11) is 1.95. The standard InChI is InChI=1S/C12H19N3/c1-3-11-14-10-8-6-4-5-7-9(10)12(13-2)15-11/h3-8H2,1-2H3,(H,13,14,15). The SMILES string of the molecule is CCc1nc2c(c(NC)n1)CCCCC2. The minimum Gasteiger partial charge on any atom is -0.373 e. The van der Waals surface area contributed by atoms with Crippen LogP contribution in [-0.2, 0) is 19.3 Å². The number of fused-ring (bicyclic) bond motifs is 1. The van der Waals surface area contributed by atoms with Crippen LogP contribution in [0, 0.1) is 0 Å². The lowest BCUT2D eigenvalue weighted by Crippen LogP contribution is -2.08. The van der Waals surface area contributed by atoms with E-state index in [4.69, 9.17) is 0 Å². The lowest BCUT2D eigenvalue weighted by atomic mass is 10.1. The van der Waals surface area contributed by atoms with E-state index in [0.29, 0.717) is 0 Å². The summed E-state index contributed by atoms with van der Waals surface area (Å²) in [5.74, 6) is 2.03. The fourth-order valence-corrected chi connectivity index (χ4v) is 2.19. The monoisotopic (exact) mass is 205 g/mol. The van der Waals surface area contributed by atoms with Gasteiger partial charge in [-0.15, -0.1) is 0 Å². The number of aryl methyl sites for hydroxylation is 2. The normalized spacial score (nSPS) is 15.6. The van der Waals surface area contributed by atoms with E-state index in [1.165, 1.54) is 30.5 Å². The molecular weight excluding hydrogens is 186 g/mol. The van der Waals surface area contributed by atoms with Crippen molar-refractivity contribution in [1.82, 2.24) is 9.97 Å². The van der Waals surface area contributed by atoms with Gasteiger partial charge in [-0.25, -0.2) is 9.97 Å². The second-order valence-electron chi connectivity index (χ2n) is 4.08. The van der Waals surface area contributed by atoms with Gasteiger partial charge in [0, 0.05) is 24.7 Å². The maximum Gasteiger partial charge on any atom is 0.132 e. The zero-order valence-corrected chi connectivity index (χ0v) is 9.64. The van der Waals surface area contributed by atoms with Crippen molar-refractivity contribution in [2.45, 2.75) is 45.4 Å². The van der Waals surface area contributed by atoms with Gasteiger partial charge in [0.05, 0.1) is 0 Å². The Bertz CT molecular complexity index is 347. The van der Waals surface area contributed by atoms with E-state index in [2.05, 4.69) is 22.2 Å². The van der Waals surface area contributed by atoms with E-state index in [1.807, 2.05) is 7.05 Å². The van der Waals surface area contributed by atoms with Gasteiger partial charge < -0.3 is 5.32 Å². The third-order valence-electron chi connectivity index (χ3n) is 3.03. The van der Waals surface area contributed by atoms with Crippen LogP contribution in [0.25, 0.3) is 0 Å². The van der Waals surface area contributed by atoms with Crippen molar-refractivity contribution >= 4 is 5.82 Å². The van der Waals surface area contributed by atoms with Crippen LogP contribution < -0.4 is 5.32 Å². The number of nitrogens with zero attached hydrogens (tertiary/aromatic N) is 2. The van der Waals surface area contributed by atoms with Crippen LogP contribution in [0.3, 0.4) is 0 Å². The fraction of sp³-hybridized carbons (Fsp3) is 0.667. The van der Waals surface area contributed by atoms with Gasteiger partial charge in [-0.05, 0) is 25.7 Å². The molecule has 0 spiro atoms. The maximum absolute atomic E-state index is 4.65. The van der Waals surface area contributed by atoms with Gasteiger partial charge in [-0.1, -0.05) is 13.3 Å². The molecule has 15 heavy (non-hydrogen) atoms.